The van der Waals surface area contributed by atoms with E-state index in [-0.39, 0.29) is 16.3 Å². The van der Waals surface area contributed by atoms with Crippen LogP contribution in [0.3, 0.4) is 0 Å². The number of phenols is 1. The molecule has 34 heavy (non-hydrogen) atoms. The normalized spacial score (nSPS) is 13.3. The minimum Gasteiger partial charge on any atom is -0.508 e. The summed E-state index contributed by atoms with van der Waals surface area (Å²) in [6.45, 7) is 0.660. The summed E-state index contributed by atoms with van der Waals surface area (Å²) in [6.07, 6.45) is -4.80. The van der Waals surface area contributed by atoms with Gasteiger partial charge in [-0.2, -0.15) is 13.2 Å². The number of nitrogens with one attached hydrogen (secondary N) is 2. The molecule has 0 aromatic heterocycles. The Hall–Kier alpha value is -3.93. The van der Waals surface area contributed by atoms with Crippen LogP contribution >= 0.6 is 0 Å². The average molecular weight is 494 g/mol. The molecule has 0 fully saturated rings. The van der Waals surface area contributed by atoms with E-state index in [1.165, 1.54) is 42.5 Å². The number of benzene rings is 3. The fourth-order valence-corrected chi connectivity index (χ4v) is 4.27. The molecule has 3 aromatic rings. The number of carbonyl (C=O) groups excluding carboxylic acids is 1. The van der Waals surface area contributed by atoms with Crippen LogP contribution in [0.5, 0.6) is 17.2 Å². The first-order valence-electron chi connectivity index (χ1n) is 9.77. The Balaban J connectivity index is 1.49. The Kier molecular flexibility index (Phi) is 6.00. The van der Waals surface area contributed by atoms with Gasteiger partial charge in [0.05, 0.1) is 16.0 Å². The number of amides is 1. The highest BCUT2D eigenvalue weighted by atomic mass is 32.2. The minimum atomic E-state index is -4.80. The number of hydrogen-bond donors (Lipinski definition) is 3. The van der Waals surface area contributed by atoms with E-state index in [1.54, 1.807) is 0 Å². The highest BCUT2D eigenvalue weighted by Crippen LogP contribution is 2.35. The van der Waals surface area contributed by atoms with E-state index < -0.39 is 39.0 Å². The predicted molar refractivity (Wildman–Crippen MR) is 116 cm³/mol. The highest BCUT2D eigenvalue weighted by molar-refractivity contribution is 7.92. The molecule has 1 heterocycles. The Morgan fingerprint density at radius 3 is 2.21 bits per heavy atom. The SMILES string of the molecule is O=C(Nc1ccc(NS(=O)(=O)c2ccc3c(c2)OCCO3)cc1)c1cc(O)ccc1C(F)(F)F. The maximum absolute atomic E-state index is 13.2. The molecule has 0 saturated heterocycles. The number of anilines is 2. The molecule has 3 aromatic carbocycles. The van der Waals surface area contributed by atoms with Gasteiger partial charge in [0.15, 0.2) is 11.5 Å². The summed E-state index contributed by atoms with van der Waals surface area (Å²) in [6, 6.07) is 11.6. The van der Waals surface area contributed by atoms with E-state index in [4.69, 9.17) is 9.47 Å². The summed E-state index contributed by atoms with van der Waals surface area (Å²) in [7, 11) is -3.98. The zero-order valence-electron chi connectivity index (χ0n) is 17.2. The summed E-state index contributed by atoms with van der Waals surface area (Å²) >= 11 is 0. The second-order valence-corrected chi connectivity index (χ2v) is 8.85. The lowest BCUT2D eigenvalue weighted by Gasteiger charge is -2.19. The van der Waals surface area contributed by atoms with Gasteiger partial charge in [-0.3, -0.25) is 9.52 Å². The van der Waals surface area contributed by atoms with Crippen molar-refractivity contribution in [3.05, 3.63) is 71.8 Å². The molecule has 12 heteroatoms. The number of halogens is 3. The lowest BCUT2D eigenvalue weighted by molar-refractivity contribution is -0.137. The fourth-order valence-electron chi connectivity index (χ4n) is 3.19. The van der Waals surface area contributed by atoms with Crippen molar-refractivity contribution in [2.45, 2.75) is 11.1 Å². The maximum Gasteiger partial charge on any atom is 0.417 e. The molecule has 8 nitrogen and oxygen atoms in total. The third kappa shape index (κ3) is 5.01. The van der Waals surface area contributed by atoms with E-state index >= 15 is 0 Å². The van der Waals surface area contributed by atoms with E-state index in [0.29, 0.717) is 36.8 Å². The van der Waals surface area contributed by atoms with Gasteiger partial charge < -0.3 is 19.9 Å². The lowest BCUT2D eigenvalue weighted by Crippen LogP contribution is -2.19. The van der Waals surface area contributed by atoms with Crippen LogP contribution < -0.4 is 19.5 Å². The van der Waals surface area contributed by atoms with Crippen LogP contribution in [0.15, 0.2) is 65.6 Å². The van der Waals surface area contributed by atoms with Crippen molar-refractivity contribution in [2.24, 2.45) is 0 Å². The number of sulfonamides is 1. The summed E-state index contributed by atoms with van der Waals surface area (Å²) in [5.41, 5.74) is -1.69. The molecule has 0 atom stereocenters. The van der Waals surface area contributed by atoms with Crippen molar-refractivity contribution >= 4 is 27.3 Å². The molecule has 0 saturated carbocycles. The van der Waals surface area contributed by atoms with Crippen LogP contribution in [0.25, 0.3) is 0 Å². The first kappa shape index (κ1) is 23.2. The molecule has 0 bridgehead atoms. The first-order valence-corrected chi connectivity index (χ1v) is 11.3. The van der Waals surface area contributed by atoms with Crippen molar-refractivity contribution in [3.63, 3.8) is 0 Å². The lowest BCUT2D eigenvalue weighted by atomic mass is 10.1. The quantitative estimate of drug-likeness (QED) is 0.489. The van der Waals surface area contributed by atoms with Crippen LogP contribution in [-0.2, 0) is 16.2 Å². The van der Waals surface area contributed by atoms with Gasteiger partial charge in [0.2, 0.25) is 0 Å². The standard InChI is InChI=1S/C22H17F3N2O6S/c23-22(24,25)18-7-5-15(28)11-17(18)21(29)26-13-1-3-14(4-2-13)27-34(30,31)16-6-8-19-20(12-16)33-10-9-32-19/h1-8,11-12,27-28H,9-10H2,(H,26,29). The van der Waals surface area contributed by atoms with Gasteiger partial charge >= 0.3 is 6.18 Å². The third-order valence-electron chi connectivity index (χ3n) is 4.77. The molecule has 0 spiro atoms. The van der Waals surface area contributed by atoms with Gasteiger partial charge in [0.1, 0.15) is 19.0 Å². The zero-order valence-corrected chi connectivity index (χ0v) is 18.0. The molecule has 1 aliphatic rings. The van der Waals surface area contributed by atoms with Crippen LogP contribution in [0.1, 0.15) is 15.9 Å². The number of aromatic hydroxyl groups is 1. The van der Waals surface area contributed by atoms with E-state index in [0.717, 1.165) is 6.07 Å². The Labute approximate surface area is 192 Å². The van der Waals surface area contributed by atoms with Crippen LogP contribution in [0.2, 0.25) is 0 Å². The fraction of sp³-hybridized carbons (Fsp3) is 0.136. The number of rotatable bonds is 5. The molecular formula is C22H17F3N2O6S. The van der Waals surface area contributed by atoms with Crippen molar-refractivity contribution in [1.82, 2.24) is 0 Å². The molecular weight excluding hydrogens is 477 g/mol. The molecule has 0 unspecified atom stereocenters. The molecule has 1 aliphatic heterocycles. The predicted octanol–water partition coefficient (Wildman–Crippen LogP) is 4.24. The monoisotopic (exact) mass is 494 g/mol. The smallest absolute Gasteiger partial charge is 0.417 e. The van der Waals surface area contributed by atoms with Crippen LogP contribution in [0.4, 0.5) is 24.5 Å². The number of fused-ring (bicyclic) bond motifs is 1. The molecule has 0 aliphatic carbocycles. The number of phenolic OH excluding ortho intramolecular Hbond substituents is 1. The Morgan fingerprint density at radius 2 is 1.53 bits per heavy atom. The summed E-state index contributed by atoms with van der Waals surface area (Å²) < 4.78 is 78.1. The van der Waals surface area contributed by atoms with Gasteiger partial charge in [0.25, 0.3) is 15.9 Å². The van der Waals surface area contributed by atoms with E-state index in [1.807, 2.05) is 0 Å². The van der Waals surface area contributed by atoms with Gasteiger partial charge in [-0.1, -0.05) is 0 Å². The van der Waals surface area contributed by atoms with Crippen molar-refractivity contribution in [2.75, 3.05) is 23.3 Å². The largest absolute Gasteiger partial charge is 0.508 e. The summed E-state index contributed by atoms with van der Waals surface area (Å²) in [5, 5.41) is 11.8. The summed E-state index contributed by atoms with van der Waals surface area (Å²) in [4.78, 5) is 12.3. The molecule has 4 rings (SSSR count). The van der Waals surface area contributed by atoms with E-state index in [2.05, 4.69) is 10.0 Å². The molecule has 3 N–H and O–H groups in total. The van der Waals surface area contributed by atoms with Gasteiger partial charge in [0, 0.05) is 17.4 Å². The first-order chi connectivity index (χ1) is 16.0. The van der Waals surface area contributed by atoms with E-state index in [9.17, 15) is 31.5 Å². The van der Waals surface area contributed by atoms with Crippen molar-refractivity contribution < 1.29 is 41.0 Å². The van der Waals surface area contributed by atoms with Crippen molar-refractivity contribution in [3.8, 4) is 17.2 Å². The van der Waals surface area contributed by atoms with Gasteiger partial charge in [-0.15, -0.1) is 0 Å². The van der Waals surface area contributed by atoms with Gasteiger partial charge in [-0.05, 0) is 54.6 Å². The second-order valence-electron chi connectivity index (χ2n) is 7.17. The van der Waals surface area contributed by atoms with Crippen molar-refractivity contribution in [1.29, 1.82) is 0 Å². The van der Waals surface area contributed by atoms with Crippen LogP contribution in [0, 0.1) is 0 Å². The second kappa shape index (κ2) is 8.78. The highest BCUT2D eigenvalue weighted by Gasteiger charge is 2.35. The molecule has 0 radical (unpaired) electrons. The number of carbonyl (C=O) groups is 1. The Morgan fingerprint density at radius 1 is 0.882 bits per heavy atom. The minimum absolute atomic E-state index is 0.0577. The number of ether oxygens (including phenoxy) is 2. The zero-order chi connectivity index (χ0) is 24.5. The van der Waals surface area contributed by atoms with Crippen LogP contribution in [-0.4, -0.2) is 32.6 Å². The number of hydrogen-bond acceptors (Lipinski definition) is 6. The average Bonchev–Trinajstić information content (AvgIpc) is 2.79. The molecule has 1 amide bonds. The summed E-state index contributed by atoms with van der Waals surface area (Å²) in [5.74, 6) is -0.849. The Bertz CT molecular complexity index is 1340. The number of alkyl halides is 3. The topological polar surface area (TPSA) is 114 Å². The molecule has 178 valence electrons. The maximum atomic E-state index is 13.2. The van der Waals surface area contributed by atoms with Gasteiger partial charge in [-0.25, -0.2) is 8.42 Å². The third-order valence-corrected chi connectivity index (χ3v) is 6.15.